The first-order valence-corrected chi connectivity index (χ1v) is 7.84. The summed E-state index contributed by atoms with van der Waals surface area (Å²) in [6.45, 7) is 0.743. The van der Waals surface area contributed by atoms with Crippen molar-refractivity contribution in [1.82, 2.24) is 4.98 Å². The molecule has 100 valence electrons. The van der Waals surface area contributed by atoms with Gasteiger partial charge in [0.2, 0.25) is 0 Å². The molecule has 1 saturated carbocycles. The molecule has 2 nitrogen and oxygen atoms in total. The third-order valence-electron chi connectivity index (χ3n) is 3.80. The minimum Gasteiger partial charge on any atom is -0.374 e. The van der Waals surface area contributed by atoms with Crippen LogP contribution in [0.2, 0.25) is 0 Å². The highest BCUT2D eigenvalue weighted by molar-refractivity contribution is 7.09. The standard InChI is InChI=1S/C16H19NOS/c1-2-4-13(5-3-1)12-18-15-8-6-14(7-9-15)16-17-10-11-19-16/h1-5,10-11,14-15H,6-9,12H2/t14-,15+. The van der Waals surface area contributed by atoms with E-state index < -0.39 is 0 Å². The van der Waals surface area contributed by atoms with Gasteiger partial charge in [0, 0.05) is 17.5 Å². The smallest absolute Gasteiger partial charge is 0.0955 e. The highest BCUT2D eigenvalue weighted by atomic mass is 32.1. The lowest BCUT2D eigenvalue weighted by atomic mass is 9.88. The van der Waals surface area contributed by atoms with Gasteiger partial charge in [-0.25, -0.2) is 4.98 Å². The molecule has 1 fully saturated rings. The third kappa shape index (κ3) is 3.43. The Bertz CT molecular complexity index is 475. The predicted octanol–water partition coefficient (Wildman–Crippen LogP) is 4.39. The number of rotatable bonds is 4. The zero-order valence-corrected chi connectivity index (χ0v) is 11.8. The van der Waals surface area contributed by atoms with Crippen molar-refractivity contribution in [2.24, 2.45) is 0 Å². The van der Waals surface area contributed by atoms with Gasteiger partial charge in [-0.1, -0.05) is 30.3 Å². The molecule has 1 aliphatic rings. The third-order valence-corrected chi connectivity index (χ3v) is 4.74. The average molecular weight is 273 g/mol. The fourth-order valence-corrected chi connectivity index (χ4v) is 3.51. The Hall–Kier alpha value is -1.19. The van der Waals surface area contributed by atoms with Crippen LogP contribution in [0.5, 0.6) is 0 Å². The number of aromatic nitrogens is 1. The van der Waals surface area contributed by atoms with Gasteiger partial charge in [-0.05, 0) is 31.2 Å². The molecule has 1 aliphatic carbocycles. The van der Waals surface area contributed by atoms with Gasteiger partial charge in [-0.2, -0.15) is 0 Å². The maximum atomic E-state index is 6.02. The molecule has 2 aromatic rings. The predicted molar refractivity (Wildman–Crippen MR) is 78.3 cm³/mol. The molecule has 0 atom stereocenters. The van der Waals surface area contributed by atoms with Crippen molar-refractivity contribution in [3.63, 3.8) is 0 Å². The zero-order valence-electron chi connectivity index (χ0n) is 11.0. The van der Waals surface area contributed by atoms with Gasteiger partial charge in [-0.15, -0.1) is 11.3 Å². The van der Waals surface area contributed by atoms with E-state index in [1.165, 1.54) is 23.4 Å². The minimum absolute atomic E-state index is 0.427. The molecule has 0 aliphatic heterocycles. The molecule has 0 bridgehead atoms. The quantitative estimate of drug-likeness (QED) is 0.824. The van der Waals surface area contributed by atoms with E-state index in [1.807, 2.05) is 12.3 Å². The van der Waals surface area contributed by atoms with Gasteiger partial charge in [-0.3, -0.25) is 0 Å². The first-order chi connectivity index (χ1) is 9.42. The number of nitrogens with zero attached hydrogens (tertiary/aromatic N) is 1. The summed E-state index contributed by atoms with van der Waals surface area (Å²) in [6.07, 6.45) is 7.10. The van der Waals surface area contributed by atoms with Gasteiger partial charge in [0.05, 0.1) is 17.7 Å². The second-order valence-corrected chi connectivity index (χ2v) is 6.07. The highest BCUT2D eigenvalue weighted by Gasteiger charge is 2.24. The van der Waals surface area contributed by atoms with Crippen LogP contribution < -0.4 is 0 Å². The molecule has 0 N–H and O–H groups in total. The van der Waals surface area contributed by atoms with E-state index in [2.05, 4.69) is 34.6 Å². The molecule has 0 radical (unpaired) electrons. The summed E-state index contributed by atoms with van der Waals surface area (Å²) in [5.41, 5.74) is 1.27. The van der Waals surface area contributed by atoms with Crippen LogP contribution in [0.1, 0.15) is 42.2 Å². The van der Waals surface area contributed by atoms with Crippen molar-refractivity contribution in [2.45, 2.75) is 44.3 Å². The maximum Gasteiger partial charge on any atom is 0.0955 e. The molecule has 1 aromatic heterocycles. The molecule has 1 aromatic carbocycles. The first kappa shape index (κ1) is 12.8. The van der Waals surface area contributed by atoms with Gasteiger partial charge in [0.15, 0.2) is 0 Å². The Morgan fingerprint density at radius 2 is 1.89 bits per heavy atom. The van der Waals surface area contributed by atoms with Crippen LogP contribution in [-0.2, 0) is 11.3 Å². The van der Waals surface area contributed by atoms with Crippen LogP contribution in [0, 0.1) is 0 Å². The molecular formula is C16H19NOS. The number of hydrogen-bond acceptors (Lipinski definition) is 3. The topological polar surface area (TPSA) is 22.1 Å². The van der Waals surface area contributed by atoms with E-state index in [0.717, 1.165) is 19.4 Å². The Kier molecular flexibility index (Phi) is 4.26. The lowest BCUT2D eigenvalue weighted by molar-refractivity contribution is 0.0133. The second kappa shape index (κ2) is 6.31. The first-order valence-electron chi connectivity index (χ1n) is 6.97. The lowest BCUT2D eigenvalue weighted by Gasteiger charge is -2.27. The summed E-state index contributed by atoms with van der Waals surface area (Å²) in [5.74, 6) is 0.663. The normalized spacial score (nSPS) is 23.4. The van der Waals surface area contributed by atoms with Crippen molar-refractivity contribution in [2.75, 3.05) is 0 Å². The number of thiazole rings is 1. The summed E-state index contributed by atoms with van der Waals surface area (Å²) in [7, 11) is 0. The average Bonchev–Trinajstić information content (AvgIpc) is 3.01. The lowest BCUT2D eigenvalue weighted by Crippen LogP contribution is -2.20. The Morgan fingerprint density at radius 3 is 2.58 bits per heavy atom. The van der Waals surface area contributed by atoms with Crippen LogP contribution in [0.4, 0.5) is 0 Å². The molecular weight excluding hydrogens is 254 g/mol. The fraction of sp³-hybridized carbons (Fsp3) is 0.438. The minimum atomic E-state index is 0.427. The summed E-state index contributed by atoms with van der Waals surface area (Å²) in [5, 5.41) is 3.38. The largest absolute Gasteiger partial charge is 0.374 e. The van der Waals surface area contributed by atoms with Crippen LogP contribution in [0.25, 0.3) is 0 Å². The summed E-state index contributed by atoms with van der Waals surface area (Å²) < 4.78 is 6.02. The SMILES string of the molecule is c1ccc(CO[C@H]2CC[C@@H](c3nccs3)CC2)cc1. The maximum absolute atomic E-state index is 6.02. The molecule has 0 saturated heterocycles. The highest BCUT2D eigenvalue weighted by Crippen LogP contribution is 2.35. The summed E-state index contributed by atoms with van der Waals surface area (Å²) in [4.78, 5) is 4.44. The Morgan fingerprint density at radius 1 is 1.11 bits per heavy atom. The van der Waals surface area contributed by atoms with Crippen molar-refractivity contribution in [3.05, 3.63) is 52.5 Å². The second-order valence-electron chi connectivity index (χ2n) is 5.14. The fourth-order valence-electron chi connectivity index (χ4n) is 2.70. The van der Waals surface area contributed by atoms with Gasteiger partial charge in [0.25, 0.3) is 0 Å². The van der Waals surface area contributed by atoms with E-state index in [1.54, 1.807) is 11.3 Å². The van der Waals surface area contributed by atoms with E-state index in [9.17, 15) is 0 Å². The molecule has 0 spiro atoms. The molecule has 0 amide bonds. The van der Waals surface area contributed by atoms with Crippen molar-refractivity contribution < 1.29 is 4.74 Å². The van der Waals surface area contributed by atoms with Gasteiger partial charge >= 0.3 is 0 Å². The van der Waals surface area contributed by atoms with Crippen molar-refractivity contribution in [1.29, 1.82) is 0 Å². The monoisotopic (exact) mass is 273 g/mol. The number of ether oxygens (including phenoxy) is 1. The van der Waals surface area contributed by atoms with E-state index in [-0.39, 0.29) is 0 Å². The number of hydrogen-bond donors (Lipinski definition) is 0. The van der Waals surface area contributed by atoms with Crippen LogP contribution in [0.15, 0.2) is 41.9 Å². The van der Waals surface area contributed by atoms with Gasteiger partial charge < -0.3 is 4.74 Å². The zero-order chi connectivity index (χ0) is 12.9. The van der Waals surface area contributed by atoms with Crippen molar-refractivity contribution >= 4 is 11.3 Å². The summed E-state index contributed by atoms with van der Waals surface area (Å²) in [6, 6.07) is 10.4. The Balaban J connectivity index is 1.46. The number of benzene rings is 1. The van der Waals surface area contributed by atoms with E-state index in [4.69, 9.17) is 4.74 Å². The van der Waals surface area contributed by atoms with E-state index in [0.29, 0.717) is 12.0 Å². The van der Waals surface area contributed by atoms with Crippen LogP contribution in [0.3, 0.4) is 0 Å². The summed E-state index contributed by atoms with van der Waals surface area (Å²) >= 11 is 1.79. The van der Waals surface area contributed by atoms with E-state index >= 15 is 0 Å². The molecule has 1 heterocycles. The van der Waals surface area contributed by atoms with Crippen LogP contribution in [-0.4, -0.2) is 11.1 Å². The molecule has 19 heavy (non-hydrogen) atoms. The van der Waals surface area contributed by atoms with Gasteiger partial charge in [0.1, 0.15) is 0 Å². The Labute approximate surface area is 118 Å². The molecule has 3 heteroatoms. The molecule has 3 rings (SSSR count). The van der Waals surface area contributed by atoms with Crippen molar-refractivity contribution in [3.8, 4) is 0 Å². The van der Waals surface area contributed by atoms with Crippen LogP contribution >= 0.6 is 11.3 Å². The molecule has 0 unspecified atom stereocenters.